The molecule has 1 rings (SSSR count). The van der Waals surface area contributed by atoms with E-state index in [0.29, 0.717) is 10.6 Å². The third-order valence-electron chi connectivity index (χ3n) is 2.90. The molecule has 2 unspecified atom stereocenters. The van der Waals surface area contributed by atoms with Crippen molar-refractivity contribution in [1.82, 2.24) is 5.06 Å². The van der Waals surface area contributed by atoms with E-state index >= 15 is 0 Å². The number of rotatable bonds is 8. The number of hydrogen-bond acceptors (Lipinski definition) is 5. The van der Waals surface area contributed by atoms with Crippen LogP contribution in [0.4, 0.5) is 0 Å². The molecule has 1 aromatic carbocycles. The Balaban J connectivity index is 2.41. The minimum atomic E-state index is -3.52. The van der Waals surface area contributed by atoms with Gasteiger partial charge < -0.3 is 10.00 Å². The van der Waals surface area contributed by atoms with Crippen LogP contribution in [-0.4, -0.2) is 51.3 Å². The van der Waals surface area contributed by atoms with E-state index in [9.17, 15) is 24.5 Å². The van der Waals surface area contributed by atoms with Crippen LogP contribution in [0.25, 0.3) is 0 Å². The first-order valence-electron chi connectivity index (χ1n) is 6.72. The molecule has 1 amide bonds. The average Bonchev–Trinajstić information content (AvgIpc) is 2.43. The van der Waals surface area contributed by atoms with Crippen LogP contribution in [-0.2, 0) is 14.2 Å². The number of carbonyl (C=O) groups excluding carboxylic acids is 2. The monoisotopic (exact) mass is 329 g/mol. The van der Waals surface area contributed by atoms with Gasteiger partial charge in [0.25, 0.3) is 5.91 Å². The van der Waals surface area contributed by atoms with Crippen molar-refractivity contribution < 1.29 is 29.4 Å². The molecule has 8 heteroatoms. The molecule has 0 saturated carbocycles. The Morgan fingerprint density at radius 3 is 2.41 bits per heavy atom. The predicted octanol–water partition coefficient (Wildman–Crippen LogP) is 1.19. The fraction of sp³-hybridized carbons (Fsp3) is 0.429. The van der Waals surface area contributed by atoms with Crippen LogP contribution in [0, 0.1) is 0 Å². The number of hydroxylamine groups is 2. The van der Waals surface area contributed by atoms with Crippen LogP contribution in [0.1, 0.15) is 24.5 Å². The molecule has 0 bridgehead atoms. The van der Waals surface area contributed by atoms with E-state index in [4.69, 9.17) is 4.89 Å². The van der Waals surface area contributed by atoms with Crippen molar-refractivity contribution in [2.45, 2.75) is 18.9 Å². The predicted molar refractivity (Wildman–Crippen MR) is 79.8 cm³/mol. The molecule has 3 N–H and O–H groups in total. The molecule has 22 heavy (non-hydrogen) atoms. The maximum atomic E-state index is 11.6. The fourth-order valence-electron chi connectivity index (χ4n) is 1.85. The summed E-state index contributed by atoms with van der Waals surface area (Å²) >= 11 is 0. The van der Waals surface area contributed by atoms with Gasteiger partial charge in [-0.15, -0.1) is 0 Å². The summed E-state index contributed by atoms with van der Waals surface area (Å²) in [6.45, 7) is 0.882. The molecule has 0 aliphatic carbocycles. The molecule has 0 spiro atoms. The summed E-state index contributed by atoms with van der Waals surface area (Å²) in [5.74, 6) is -1.57. The molecular weight excluding hydrogens is 309 g/mol. The van der Waals surface area contributed by atoms with Crippen LogP contribution in [0.2, 0.25) is 0 Å². The summed E-state index contributed by atoms with van der Waals surface area (Å²) in [6.07, 6.45) is -1.98. The highest BCUT2D eigenvalue weighted by atomic mass is 31.2. The normalized spacial score (nSPS) is 14.9. The van der Waals surface area contributed by atoms with Crippen molar-refractivity contribution in [2.75, 3.05) is 19.4 Å². The zero-order valence-electron chi connectivity index (χ0n) is 12.3. The minimum Gasteiger partial charge on any atom is -0.388 e. The van der Waals surface area contributed by atoms with E-state index in [1.807, 2.05) is 0 Å². The number of ketones is 1. The number of nitrogens with zero attached hydrogens (tertiary/aromatic N) is 1. The SMILES string of the molecule is CP(=O)(O)CC(=O)CC(=O)N(O)CCC(O)c1ccccc1. The molecule has 0 aliphatic heterocycles. The molecule has 0 radical (unpaired) electrons. The average molecular weight is 329 g/mol. The largest absolute Gasteiger partial charge is 0.388 e. The topological polar surface area (TPSA) is 115 Å². The second-order valence-electron chi connectivity index (χ2n) is 5.16. The molecule has 0 aromatic heterocycles. The van der Waals surface area contributed by atoms with Gasteiger partial charge >= 0.3 is 0 Å². The quantitative estimate of drug-likeness (QED) is 0.286. The van der Waals surface area contributed by atoms with Gasteiger partial charge in [0.15, 0.2) is 5.78 Å². The highest BCUT2D eigenvalue weighted by Crippen LogP contribution is 2.34. The maximum absolute atomic E-state index is 11.6. The van der Waals surface area contributed by atoms with Crippen LogP contribution >= 0.6 is 7.37 Å². The lowest BCUT2D eigenvalue weighted by atomic mass is 10.1. The summed E-state index contributed by atoms with van der Waals surface area (Å²) < 4.78 is 11.1. The Labute approximate surface area is 128 Å². The summed E-state index contributed by atoms with van der Waals surface area (Å²) in [6, 6.07) is 8.76. The maximum Gasteiger partial charge on any atom is 0.253 e. The lowest BCUT2D eigenvalue weighted by molar-refractivity contribution is -0.167. The van der Waals surface area contributed by atoms with E-state index in [0.717, 1.165) is 6.66 Å². The van der Waals surface area contributed by atoms with Gasteiger partial charge in [-0.05, 0) is 12.0 Å². The third-order valence-corrected chi connectivity index (χ3v) is 3.84. The highest BCUT2D eigenvalue weighted by Gasteiger charge is 2.21. The first-order chi connectivity index (χ1) is 10.2. The van der Waals surface area contributed by atoms with Crippen molar-refractivity contribution in [3.8, 4) is 0 Å². The third kappa shape index (κ3) is 6.95. The molecule has 7 nitrogen and oxygen atoms in total. The first-order valence-corrected chi connectivity index (χ1v) is 9.01. The summed E-state index contributed by atoms with van der Waals surface area (Å²) in [5, 5.41) is 19.8. The van der Waals surface area contributed by atoms with Crippen molar-refractivity contribution >= 4 is 19.1 Å². The van der Waals surface area contributed by atoms with E-state index in [1.54, 1.807) is 30.3 Å². The van der Waals surface area contributed by atoms with Crippen LogP contribution in [0.15, 0.2) is 30.3 Å². The number of hydrogen-bond donors (Lipinski definition) is 3. The lowest BCUT2D eigenvalue weighted by Gasteiger charge is -2.17. The summed E-state index contributed by atoms with van der Waals surface area (Å²) in [4.78, 5) is 32.0. The number of benzene rings is 1. The smallest absolute Gasteiger partial charge is 0.253 e. The van der Waals surface area contributed by atoms with Gasteiger partial charge in [0, 0.05) is 6.66 Å². The molecule has 0 fully saturated rings. The van der Waals surface area contributed by atoms with Crippen molar-refractivity contribution in [3.05, 3.63) is 35.9 Å². The number of carbonyl (C=O) groups is 2. The summed E-state index contributed by atoms with van der Waals surface area (Å²) in [7, 11) is -3.52. The van der Waals surface area contributed by atoms with Gasteiger partial charge in [-0.2, -0.15) is 0 Å². The van der Waals surface area contributed by atoms with Gasteiger partial charge in [0.1, 0.15) is 0 Å². The molecule has 2 atom stereocenters. The zero-order chi connectivity index (χ0) is 16.8. The Kier molecular flexibility index (Phi) is 6.90. The second kappa shape index (κ2) is 8.19. The van der Waals surface area contributed by atoms with Gasteiger partial charge in [0.2, 0.25) is 7.37 Å². The molecule has 0 aliphatic rings. The van der Waals surface area contributed by atoms with E-state index in [1.165, 1.54) is 0 Å². The highest BCUT2D eigenvalue weighted by molar-refractivity contribution is 7.58. The number of aliphatic hydroxyl groups excluding tert-OH is 1. The van der Waals surface area contributed by atoms with Crippen molar-refractivity contribution in [2.24, 2.45) is 0 Å². The van der Waals surface area contributed by atoms with Gasteiger partial charge in [-0.1, -0.05) is 30.3 Å². The Morgan fingerprint density at radius 1 is 1.27 bits per heavy atom. The van der Waals surface area contributed by atoms with Gasteiger partial charge in [-0.3, -0.25) is 19.4 Å². The van der Waals surface area contributed by atoms with E-state index < -0.39 is 37.7 Å². The Hall–Kier alpha value is -1.53. The van der Waals surface area contributed by atoms with Crippen LogP contribution < -0.4 is 0 Å². The molecule has 1 aromatic rings. The molecule has 122 valence electrons. The number of Topliss-reactive ketones (excluding diaryl/α,β-unsaturated/α-hetero) is 1. The minimum absolute atomic E-state index is 0.104. The Bertz CT molecular complexity index is 556. The number of amides is 1. The molecule has 0 heterocycles. The number of aliphatic hydroxyl groups is 1. The van der Waals surface area contributed by atoms with Gasteiger partial charge in [-0.25, -0.2) is 5.06 Å². The van der Waals surface area contributed by atoms with Crippen molar-refractivity contribution in [1.29, 1.82) is 0 Å². The van der Waals surface area contributed by atoms with E-state index in [2.05, 4.69) is 0 Å². The first kappa shape index (κ1) is 18.5. The van der Waals surface area contributed by atoms with Crippen molar-refractivity contribution in [3.63, 3.8) is 0 Å². The van der Waals surface area contributed by atoms with Crippen LogP contribution in [0.3, 0.4) is 0 Å². The Morgan fingerprint density at radius 2 is 1.86 bits per heavy atom. The lowest BCUT2D eigenvalue weighted by Crippen LogP contribution is -2.31. The fourth-order valence-corrected chi connectivity index (χ4v) is 2.62. The van der Waals surface area contributed by atoms with E-state index in [-0.39, 0.29) is 13.0 Å². The molecular formula is C14H20NO6P. The van der Waals surface area contributed by atoms with Crippen LogP contribution in [0.5, 0.6) is 0 Å². The second-order valence-corrected chi connectivity index (χ2v) is 7.57. The summed E-state index contributed by atoms with van der Waals surface area (Å²) in [5.41, 5.74) is 0.659. The zero-order valence-corrected chi connectivity index (χ0v) is 13.1. The molecule has 0 saturated heterocycles. The van der Waals surface area contributed by atoms with Gasteiger partial charge in [0.05, 0.1) is 25.2 Å². The standard InChI is InChI=1S/C14H20NO6P/c1-22(20,21)10-12(16)9-14(18)15(19)8-7-13(17)11-5-3-2-4-6-11/h2-6,13,17,19H,7-10H2,1H3,(H,20,21).